The zero-order chi connectivity index (χ0) is 14.8. The molecule has 0 radical (unpaired) electrons. The van der Waals surface area contributed by atoms with Crippen LogP contribution >= 0.6 is 0 Å². The molecule has 0 saturated carbocycles. The highest BCUT2D eigenvalue weighted by molar-refractivity contribution is 7.91. The molecule has 0 aliphatic heterocycles. The Kier molecular flexibility index (Phi) is 4.29. The highest BCUT2D eigenvalue weighted by atomic mass is 32.2. The highest BCUT2D eigenvalue weighted by Crippen LogP contribution is 2.19. The fourth-order valence-corrected chi connectivity index (χ4v) is 3.87. The SMILES string of the molecule is Cc1cc(C)c(CCS(=O)(=O)c2ccccc2)c(C)c1. The van der Waals surface area contributed by atoms with Gasteiger partial charge in [0.1, 0.15) is 0 Å². The van der Waals surface area contributed by atoms with Gasteiger partial charge in [-0.15, -0.1) is 0 Å². The predicted molar refractivity (Wildman–Crippen MR) is 82.9 cm³/mol. The van der Waals surface area contributed by atoms with E-state index in [0.717, 1.165) is 5.56 Å². The third kappa shape index (κ3) is 3.28. The molecule has 0 aromatic heterocycles. The van der Waals surface area contributed by atoms with E-state index in [1.54, 1.807) is 24.3 Å². The lowest BCUT2D eigenvalue weighted by atomic mass is 9.98. The molecule has 0 amide bonds. The molecule has 2 nitrogen and oxygen atoms in total. The van der Waals surface area contributed by atoms with Crippen molar-refractivity contribution in [3.8, 4) is 0 Å². The molecule has 2 rings (SSSR count). The normalized spacial score (nSPS) is 11.6. The molecular formula is C17H20O2S. The van der Waals surface area contributed by atoms with E-state index in [2.05, 4.69) is 19.1 Å². The van der Waals surface area contributed by atoms with Crippen LogP contribution in [-0.4, -0.2) is 14.2 Å². The van der Waals surface area contributed by atoms with Crippen molar-refractivity contribution in [2.24, 2.45) is 0 Å². The number of benzene rings is 2. The lowest BCUT2D eigenvalue weighted by Crippen LogP contribution is -2.10. The minimum Gasteiger partial charge on any atom is -0.224 e. The van der Waals surface area contributed by atoms with Crippen molar-refractivity contribution in [1.29, 1.82) is 0 Å². The molecule has 0 atom stereocenters. The zero-order valence-corrected chi connectivity index (χ0v) is 13.0. The summed E-state index contributed by atoms with van der Waals surface area (Å²) in [6, 6.07) is 12.9. The van der Waals surface area contributed by atoms with Crippen LogP contribution in [0.3, 0.4) is 0 Å². The first-order valence-electron chi connectivity index (χ1n) is 6.75. The molecule has 0 N–H and O–H groups in total. The van der Waals surface area contributed by atoms with Crippen molar-refractivity contribution >= 4 is 9.84 Å². The molecule has 0 aliphatic carbocycles. The first-order valence-corrected chi connectivity index (χ1v) is 8.40. The minimum atomic E-state index is -3.20. The second-order valence-corrected chi connectivity index (χ2v) is 7.37. The molecule has 0 spiro atoms. The Balaban J connectivity index is 2.21. The van der Waals surface area contributed by atoms with Gasteiger partial charge in [0, 0.05) is 0 Å². The Morgan fingerprint density at radius 2 is 1.45 bits per heavy atom. The van der Waals surface area contributed by atoms with E-state index >= 15 is 0 Å². The number of hydrogen-bond acceptors (Lipinski definition) is 2. The third-order valence-electron chi connectivity index (χ3n) is 3.56. The second-order valence-electron chi connectivity index (χ2n) is 5.26. The van der Waals surface area contributed by atoms with Gasteiger partial charge in [0.25, 0.3) is 0 Å². The summed E-state index contributed by atoms with van der Waals surface area (Å²) in [5.41, 5.74) is 4.71. The van der Waals surface area contributed by atoms with Crippen LogP contribution < -0.4 is 0 Å². The smallest absolute Gasteiger partial charge is 0.178 e. The maximum absolute atomic E-state index is 12.3. The van der Waals surface area contributed by atoms with Crippen LogP contribution in [0.15, 0.2) is 47.4 Å². The lowest BCUT2D eigenvalue weighted by molar-refractivity contribution is 0.595. The molecule has 0 aliphatic rings. The second kappa shape index (κ2) is 5.80. The van der Waals surface area contributed by atoms with Gasteiger partial charge < -0.3 is 0 Å². The summed E-state index contributed by atoms with van der Waals surface area (Å²) < 4.78 is 24.6. The van der Waals surface area contributed by atoms with Gasteiger partial charge in [-0.25, -0.2) is 8.42 Å². The summed E-state index contributed by atoms with van der Waals surface area (Å²) in [6.45, 7) is 6.15. The first-order chi connectivity index (χ1) is 9.40. The van der Waals surface area contributed by atoms with Crippen LogP contribution in [0.25, 0.3) is 0 Å². The van der Waals surface area contributed by atoms with Gasteiger partial charge in [-0.2, -0.15) is 0 Å². The Bertz CT molecular complexity index is 678. The van der Waals surface area contributed by atoms with Gasteiger partial charge >= 0.3 is 0 Å². The number of sulfone groups is 1. The summed E-state index contributed by atoms with van der Waals surface area (Å²) >= 11 is 0. The molecule has 2 aromatic carbocycles. The molecule has 0 heterocycles. The monoisotopic (exact) mass is 288 g/mol. The fourth-order valence-electron chi connectivity index (χ4n) is 2.59. The molecule has 0 saturated heterocycles. The van der Waals surface area contributed by atoms with Crippen molar-refractivity contribution < 1.29 is 8.42 Å². The third-order valence-corrected chi connectivity index (χ3v) is 5.30. The van der Waals surface area contributed by atoms with E-state index in [1.807, 2.05) is 19.9 Å². The van der Waals surface area contributed by atoms with Crippen molar-refractivity contribution in [2.75, 3.05) is 5.75 Å². The topological polar surface area (TPSA) is 34.1 Å². The fraction of sp³-hybridized carbons (Fsp3) is 0.294. The first kappa shape index (κ1) is 14.8. The van der Waals surface area contributed by atoms with Gasteiger partial charge in [-0.3, -0.25) is 0 Å². The van der Waals surface area contributed by atoms with Crippen molar-refractivity contribution in [3.05, 3.63) is 64.7 Å². The van der Waals surface area contributed by atoms with E-state index < -0.39 is 9.84 Å². The molecule has 0 bridgehead atoms. The van der Waals surface area contributed by atoms with Crippen LogP contribution in [0.2, 0.25) is 0 Å². The Hall–Kier alpha value is -1.61. The summed E-state index contributed by atoms with van der Waals surface area (Å²) in [6.07, 6.45) is 0.565. The lowest BCUT2D eigenvalue weighted by Gasteiger charge is -2.11. The van der Waals surface area contributed by atoms with Gasteiger partial charge in [0.05, 0.1) is 10.6 Å². The maximum Gasteiger partial charge on any atom is 0.178 e. The van der Waals surface area contributed by atoms with Crippen molar-refractivity contribution in [1.82, 2.24) is 0 Å². The van der Waals surface area contributed by atoms with Crippen molar-refractivity contribution in [2.45, 2.75) is 32.1 Å². The molecule has 20 heavy (non-hydrogen) atoms. The van der Waals surface area contributed by atoms with Crippen LogP contribution in [0, 0.1) is 20.8 Å². The van der Waals surface area contributed by atoms with Gasteiger partial charge in [-0.05, 0) is 56.0 Å². The predicted octanol–water partition coefficient (Wildman–Crippen LogP) is 3.63. The van der Waals surface area contributed by atoms with E-state index in [9.17, 15) is 8.42 Å². The number of rotatable bonds is 4. The molecule has 0 unspecified atom stereocenters. The van der Waals surface area contributed by atoms with E-state index in [-0.39, 0.29) is 5.75 Å². The zero-order valence-electron chi connectivity index (χ0n) is 12.2. The summed E-state index contributed by atoms with van der Waals surface area (Å²) in [5, 5.41) is 0. The van der Waals surface area contributed by atoms with Crippen LogP contribution in [0.1, 0.15) is 22.3 Å². The van der Waals surface area contributed by atoms with Gasteiger partial charge in [0.15, 0.2) is 9.84 Å². The Morgan fingerprint density at radius 1 is 0.900 bits per heavy atom. The quantitative estimate of drug-likeness (QED) is 0.861. The van der Waals surface area contributed by atoms with E-state index in [0.29, 0.717) is 11.3 Å². The van der Waals surface area contributed by atoms with Gasteiger partial charge in [0.2, 0.25) is 0 Å². The standard InChI is InChI=1S/C17H20O2S/c1-13-11-14(2)17(15(3)12-13)9-10-20(18,19)16-7-5-4-6-8-16/h4-8,11-12H,9-10H2,1-3H3. The van der Waals surface area contributed by atoms with E-state index in [1.165, 1.54) is 16.7 Å². The van der Waals surface area contributed by atoms with Gasteiger partial charge in [-0.1, -0.05) is 35.9 Å². The molecule has 2 aromatic rings. The number of aryl methyl sites for hydroxylation is 3. The largest absolute Gasteiger partial charge is 0.224 e. The van der Waals surface area contributed by atoms with E-state index in [4.69, 9.17) is 0 Å². The molecule has 106 valence electrons. The number of hydrogen-bond donors (Lipinski definition) is 0. The van der Waals surface area contributed by atoms with Crippen molar-refractivity contribution in [3.63, 3.8) is 0 Å². The molecule has 0 fully saturated rings. The summed E-state index contributed by atoms with van der Waals surface area (Å²) in [7, 11) is -3.20. The Labute approximate surface area is 121 Å². The van der Waals surface area contributed by atoms with Crippen LogP contribution in [0.4, 0.5) is 0 Å². The Morgan fingerprint density at radius 3 is 2.00 bits per heavy atom. The average Bonchev–Trinajstić information content (AvgIpc) is 2.38. The minimum absolute atomic E-state index is 0.155. The molecule has 3 heteroatoms. The average molecular weight is 288 g/mol. The highest BCUT2D eigenvalue weighted by Gasteiger charge is 2.15. The summed E-state index contributed by atoms with van der Waals surface area (Å²) in [4.78, 5) is 0.405. The van der Waals surface area contributed by atoms with Crippen LogP contribution in [-0.2, 0) is 16.3 Å². The van der Waals surface area contributed by atoms with Crippen LogP contribution in [0.5, 0.6) is 0 Å². The molecular weight excluding hydrogens is 268 g/mol. The summed E-state index contributed by atoms with van der Waals surface area (Å²) in [5.74, 6) is 0.155. The maximum atomic E-state index is 12.3.